The van der Waals surface area contributed by atoms with Crippen LogP contribution in [0.15, 0.2) is 30.3 Å². The summed E-state index contributed by atoms with van der Waals surface area (Å²) >= 11 is 0. The van der Waals surface area contributed by atoms with Crippen molar-refractivity contribution in [2.75, 3.05) is 20.3 Å². The molecule has 3 unspecified atom stereocenters. The molecule has 0 spiro atoms. The van der Waals surface area contributed by atoms with Gasteiger partial charge >= 0.3 is 0 Å². The van der Waals surface area contributed by atoms with E-state index in [0.29, 0.717) is 13.2 Å². The maximum atomic E-state index is 12.0. The molecule has 21 heavy (non-hydrogen) atoms. The van der Waals surface area contributed by atoms with Gasteiger partial charge < -0.3 is 20.5 Å². The zero-order valence-corrected chi connectivity index (χ0v) is 13.0. The van der Waals surface area contributed by atoms with Gasteiger partial charge in [-0.25, -0.2) is 0 Å². The molecule has 0 aliphatic carbocycles. The number of halogens is 1. The van der Waals surface area contributed by atoms with Crippen LogP contribution in [0.4, 0.5) is 0 Å². The molecule has 1 aromatic rings. The Morgan fingerprint density at radius 1 is 1.48 bits per heavy atom. The summed E-state index contributed by atoms with van der Waals surface area (Å²) in [5.74, 6) is -0.0428. The van der Waals surface area contributed by atoms with Crippen molar-refractivity contribution >= 4 is 18.3 Å². The van der Waals surface area contributed by atoms with Gasteiger partial charge in [-0.15, -0.1) is 12.4 Å². The molecule has 0 saturated carbocycles. The fourth-order valence-corrected chi connectivity index (χ4v) is 2.44. The summed E-state index contributed by atoms with van der Waals surface area (Å²) in [6, 6.07) is 9.98. The number of carbonyl (C=O) groups is 1. The van der Waals surface area contributed by atoms with E-state index in [0.717, 1.165) is 12.0 Å². The monoisotopic (exact) mass is 314 g/mol. The SMILES string of the molecule is COC(CN)CC(=O)NC1CCOC1c1ccccc1.Cl. The number of carbonyl (C=O) groups excluding carboxylic acids is 1. The average molecular weight is 315 g/mol. The quantitative estimate of drug-likeness (QED) is 0.833. The highest BCUT2D eigenvalue weighted by Crippen LogP contribution is 2.28. The molecule has 1 aliphatic rings. The van der Waals surface area contributed by atoms with E-state index in [4.69, 9.17) is 15.2 Å². The van der Waals surface area contributed by atoms with E-state index in [1.54, 1.807) is 7.11 Å². The Bertz CT molecular complexity index is 426. The van der Waals surface area contributed by atoms with Crippen LogP contribution < -0.4 is 11.1 Å². The minimum Gasteiger partial charge on any atom is -0.380 e. The number of amides is 1. The fraction of sp³-hybridized carbons (Fsp3) is 0.533. The highest BCUT2D eigenvalue weighted by molar-refractivity contribution is 5.85. The Hall–Kier alpha value is -1.14. The molecule has 0 bridgehead atoms. The third-order valence-corrected chi connectivity index (χ3v) is 3.58. The molecule has 3 N–H and O–H groups in total. The third-order valence-electron chi connectivity index (χ3n) is 3.58. The standard InChI is InChI=1S/C15H22N2O3.ClH/c1-19-12(10-16)9-14(18)17-13-7-8-20-15(13)11-5-3-2-4-6-11;/h2-6,12-13,15H,7-10,16H2,1H3,(H,17,18);1H. The average Bonchev–Trinajstić information content (AvgIpc) is 2.93. The molecule has 1 fully saturated rings. The van der Waals surface area contributed by atoms with E-state index < -0.39 is 0 Å². The Balaban J connectivity index is 0.00000220. The molecular formula is C15H23ClN2O3. The van der Waals surface area contributed by atoms with Crippen molar-refractivity contribution in [1.82, 2.24) is 5.32 Å². The van der Waals surface area contributed by atoms with Crippen LogP contribution in [0.3, 0.4) is 0 Å². The number of methoxy groups -OCH3 is 1. The van der Waals surface area contributed by atoms with Gasteiger partial charge in [0.25, 0.3) is 0 Å². The molecule has 5 nitrogen and oxygen atoms in total. The van der Waals surface area contributed by atoms with Crippen molar-refractivity contribution < 1.29 is 14.3 Å². The summed E-state index contributed by atoms with van der Waals surface area (Å²) in [6.45, 7) is 1.00. The first-order chi connectivity index (χ1) is 9.74. The number of nitrogens with two attached hydrogens (primary N) is 1. The van der Waals surface area contributed by atoms with Gasteiger partial charge in [-0.3, -0.25) is 4.79 Å². The molecule has 118 valence electrons. The van der Waals surface area contributed by atoms with E-state index in [2.05, 4.69) is 5.32 Å². The third kappa shape index (κ3) is 4.97. The summed E-state index contributed by atoms with van der Waals surface area (Å²) in [5.41, 5.74) is 6.62. The highest BCUT2D eigenvalue weighted by Gasteiger charge is 2.31. The van der Waals surface area contributed by atoms with Crippen LogP contribution in [0.25, 0.3) is 0 Å². The first-order valence-electron chi connectivity index (χ1n) is 6.93. The van der Waals surface area contributed by atoms with Crippen LogP contribution in [-0.4, -0.2) is 38.3 Å². The zero-order valence-electron chi connectivity index (χ0n) is 12.2. The van der Waals surface area contributed by atoms with E-state index in [9.17, 15) is 4.79 Å². The second-order valence-corrected chi connectivity index (χ2v) is 4.96. The molecule has 1 saturated heterocycles. The topological polar surface area (TPSA) is 73.6 Å². The first kappa shape index (κ1) is 17.9. The summed E-state index contributed by atoms with van der Waals surface area (Å²) in [5, 5.41) is 3.03. The largest absolute Gasteiger partial charge is 0.380 e. The summed E-state index contributed by atoms with van der Waals surface area (Å²) in [6.07, 6.45) is 0.808. The Morgan fingerprint density at radius 2 is 2.19 bits per heavy atom. The minimum atomic E-state index is -0.229. The Morgan fingerprint density at radius 3 is 2.81 bits per heavy atom. The lowest BCUT2D eigenvalue weighted by Gasteiger charge is -2.21. The molecule has 0 radical (unpaired) electrons. The molecular weight excluding hydrogens is 292 g/mol. The van der Waals surface area contributed by atoms with Crippen molar-refractivity contribution in [2.24, 2.45) is 5.73 Å². The molecule has 1 aromatic carbocycles. The highest BCUT2D eigenvalue weighted by atomic mass is 35.5. The molecule has 1 aliphatic heterocycles. The van der Waals surface area contributed by atoms with Gasteiger partial charge in [-0.2, -0.15) is 0 Å². The summed E-state index contributed by atoms with van der Waals surface area (Å²) in [7, 11) is 1.57. The minimum absolute atomic E-state index is 0. The van der Waals surface area contributed by atoms with Crippen LogP contribution >= 0.6 is 12.4 Å². The fourth-order valence-electron chi connectivity index (χ4n) is 2.44. The van der Waals surface area contributed by atoms with E-state index >= 15 is 0 Å². The predicted octanol–water partition coefficient (Wildman–Crippen LogP) is 1.42. The van der Waals surface area contributed by atoms with Gasteiger partial charge in [0.15, 0.2) is 0 Å². The van der Waals surface area contributed by atoms with Crippen LogP contribution in [0.2, 0.25) is 0 Å². The normalized spacial score (nSPS) is 22.4. The zero-order chi connectivity index (χ0) is 14.4. The molecule has 6 heteroatoms. The lowest BCUT2D eigenvalue weighted by molar-refractivity contribution is -0.124. The smallest absolute Gasteiger partial charge is 0.222 e. The Kier molecular flexibility index (Phi) is 7.67. The van der Waals surface area contributed by atoms with Crippen molar-refractivity contribution in [2.45, 2.75) is 31.1 Å². The van der Waals surface area contributed by atoms with Crippen LogP contribution in [0.5, 0.6) is 0 Å². The molecule has 2 rings (SSSR count). The second kappa shape index (κ2) is 9.00. The number of hydrogen-bond acceptors (Lipinski definition) is 4. The van der Waals surface area contributed by atoms with Gasteiger partial charge in [0.1, 0.15) is 6.10 Å². The maximum Gasteiger partial charge on any atom is 0.222 e. The van der Waals surface area contributed by atoms with Gasteiger partial charge in [0.05, 0.1) is 18.6 Å². The summed E-state index contributed by atoms with van der Waals surface area (Å²) in [4.78, 5) is 12.0. The van der Waals surface area contributed by atoms with Crippen LogP contribution in [0, 0.1) is 0 Å². The molecule has 1 heterocycles. The number of benzene rings is 1. The van der Waals surface area contributed by atoms with Crippen molar-refractivity contribution in [1.29, 1.82) is 0 Å². The van der Waals surface area contributed by atoms with Gasteiger partial charge in [0, 0.05) is 20.3 Å². The Labute approximate surface area is 131 Å². The number of nitrogens with one attached hydrogen (secondary N) is 1. The van der Waals surface area contributed by atoms with E-state index in [1.165, 1.54) is 0 Å². The molecule has 3 atom stereocenters. The number of ether oxygens (including phenoxy) is 2. The van der Waals surface area contributed by atoms with Gasteiger partial charge in [0.2, 0.25) is 5.91 Å². The summed E-state index contributed by atoms with van der Waals surface area (Å²) < 4.78 is 10.9. The van der Waals surface area contributed by atoms with Crippen molar-refractivity contribution in [3.05, 3.63) is 35.9 Å². The number of rotatable bonds is 6. The van der Waals surface area contributed by atoms with E-state index in [-0.39, 0.29) is 43.0 Å². The van der Waals surface area contributed by atoms with Crippen LogP contribution in [-0.2, 0) is 14.3 Å². The molecule has 0 aromatic heterocycles. The van der Waals surface area contributed by atoms with Crippen molar-refractivity contribution in [3.63, 3.8) is 0 Å². The van der Waals surface area contributed by atoms with Gasteiger partial charge in [-0.05, 0) is 12.0 Å². The van der Waals surface area contributed by atoms with E-state index in [1.807, 2.05) is 30.3 Å². The van der Waals surface area contributed by atoms with Crippen molar-refractivity contribution in [3.8, 4) is 0 Å². The van der Waals surface area contributed by atoms with Gasteiger partial charge in [-0.1, -0.05) is 30.3 Å². The first-order valence-corrected chi connectivity index (χ1v) is 6.93. The second-order valence-electron chi connectivity index (χ2n) is 4.96. The number of hydrogen-bond donors (Lipinski definition) is 2. The van der Waals surface area contributed by atoms with Crippen LogP contribution in [0.1, 0.15) is 24.5 Å². The molecule has 1 amide bonds. The maximum absolute atomic E-state index is 12.0. The lowest BCUT2D eigenvalue weighted by atomic mass is 10.0. The predicted molar refractivity (Wildman–Crippen MR) is 83.4 cm³/mol. The lowest BCUT2D eigenvalue weighted by Crippen LogP contribution is -2.39.